The average molecular weight is 330 g/mol. The SMILES string of the molecule is CO[Si](OC)(OC)N(C1CCCCC1C)C1CCCCC1C. The summed E-state index contributed by atoms with van der Waals surface area (Å²) in [5, 5.41) is 0. The van der Waals surface area contributed by atoms with Gasteiger partial charge in [0.15, 0.2) is 0 Å². The molecule has 4 unspecified atom stereocenters. The smallest absolute Gasteiger partial charge is 0.364 e. The molecule has 0 aliphatic heterocycles. The van der Waals surface area contributed by atoms with Gasteiger partial charge < -0.3 is 13.3 Å². The summed E-state index contributed by atoms with van der Waals surface area (Å²) in [6.45, 7) is 4.79. The highest BCUT2D eigenvalue weighted by atomic mass is 28.4. The molecule has 0 bridgehead atoms. The van der Waals surface area contributed by atoms with Gasteiger partial charge >= 0.3 is 8.97 Å². The fourth-order valence-electron chi connectivity index (χ4n) is 4.64. The van der Waals surface area contributed by atoms with Gasteiger partial charge in [-0.3, -0.25) is 0 Å². The van der Waals surface area contributed by atoms with Crippen LogP contribution in [0.3, 0.4) is 0 Å². The molecule has 2 saturated carbocycles. The number of hydrogen-bond acceptors (Lipinski definition) is 4. The Bertz CT molecular complexity index is 308. The van der Waals surface area contributed by atoms with Crippen LogP contribution in [0.5, 0.6) is 0 Å². The summed E-state index contributed by atoms with van der Waals surface area (Å²) in [6.07, 6.45) is 10.4. The quantitative estimate of drug-likeness (QED) is 0.693. The van der Waals surface area contributed by atoms with Crippen LogP contribution in [0.25, 0.3) is 0 Å². The van der Waals surface area contributed by atoms with Gasteiger partial charge in [0.1, 0.15) is 0 Å². The van der Waals surface area contributed by atoms with Crippen LogP contribution >= 0.6 is 0 Å². The van der Waals surface area contributed by atoms with Gasteiger partial charge in [-0.1, -0.05) is 39.5 Å². The highest BCUT2D eigenvalue weighted by Crippen LogP contribution is 2.39. The Hall–Kier alpha value is 0.0569. The van der Waals surface area contributed by atoms with Crippen molar-refractivity contribution in [2.45, 2.75) is 77.3 Å². The van der Waals surface area contributed by atoms with E-state index in [0.717, 1.165) is 0 Å². The Labute approximate surface area is 137 Å². The maximum absolute atomic E-state index is 5.92. The standard InChI is InChI=1S/C17H35NO3Si/c1-14-10-6-8-12-16(14)18(22(19-3,20-4)21-5)17-13-9-7-11-15(17)2/h14-17H,6-13H2,1-5H3. The Morgan fingerprint density at radius 1 is 0.682 bits per heavy atom. The van der Waals surface area contributed by atoms with Crippen LogP contribution in [-0.4, -0.2) is 46.9 Å². The van der Waals surface area contributed by atoms with Crippen molar-refractivity contribution in [1.82, 2.24) is 4.57 Å². The lowest BCUT2D eigenvalue weighted by Crippen LogP contribution is -2.68. The molecule has 2 aliphatic carbocycles. The molecule has 22 heavy (non-hydrogen) atoms. The largest absolute Gasteiger partial charge is 0.599 e. The molecule has 0 aromatic carbocycles. The molecule has 2 rings (SSSR count). The van der Waals surface area contributed by atoms with Crippen molar-refractivity contribution >= 4 is 8.97 Å². The number of hydrogen-bond donors (Lipinski definition) is 0. The molecule has 0 spiro atoms. The van der Waals surface area contributed by atoms with E-state index in [9.17, 15) is 0 Å². The predicted molar refractivity (Wildman–Crippen MR) is 91.5 cm³/mol. The van der Waals surface area contributed by atoms with Crippen LogP contribution in [0.15, 0.2) is 0 Å². The van der Waals surface area contributed by atoms with Gasteiger partial charge in [0.2, 0.25) is 0 Å². The second kappa shape index (κ2) is 8.24. The maximum Gasteiger partial charge on any atom is 0.599 e. The average Bonchev–Trinajstić information content (AvgIpc) is 2.55. The van der Waals surface area contributed by atoms with Crippen molar-refractivity contribution in [2.24, 2.45) is 11.8 Å². The summed E-state index contributed by atoms with van der Waals surface area (Å²) in [4.78, 5) is 0. The Morgan fingerprint density at radius 2 is 1.05 bits per heavy atom. The van der Waals surface area contributed by atoms with E-state index in [1.807, 2.05) is 0 Å². The topological polar surface area (TPSA) is 30.9 Å². The first-order valence-corrected chi connectivity index (χ1v) is 10.7. The van der Waals surface area contributed by atoms with Gasteiger partial charge in [-0.05, 0) is 37.5 Å². The van der Waals surface area contributed by atoms with E-state index in [4.69, 9.17) is 13.3 Å². The molecule has 4 nitrogen and oxygen atoms in total. The van der Waals surface area contributed by atoms with Crippen LogP contribution in [0.4, 0.5) is 0 Å². The highest BCUT2D eigenvalue weighted by molar-refractivity contribution is 6.57. The third-order valence-electron chi connectivity index (χ3n) is 5.94. The summed E-state index contributed by atoms with van der Waals surface area (Å²) in [6, 6.07) is 1.07. The summed E-state index contributed by atoms with van der Waals surface area (Å²) in [7, 11) is 2.50. The van der Waals surface area contributed by atoms with Crippen molar-refractivity contribution in [2.75, 3.05) is 21.3 Å². The minimum Gasteiger partial charge on any atom is -0.364 e. The lowest BCUT2D eigenvalue weighted by molar-refractivity contribution is -0.0174. The predicted octanol–water partition coefficient (Wildman–Crippen LogP) is 3.82. The van der Waals surface area contributed by atoms with Crippen molar-refractivity contribution in [3.63, 3.8) is 0 Å². The van der Waals surface area contributed by atoms with E-state index < -0.39 is 8.97 Å². The normalized spacial score (nSPS) is 34.1. The van der Waals surface area contributed by atoms with Crippen LogP contribution < -0.4 is 0 Å². The molecule has 4 atom stereocenters. The molecule has 2 fully saturated rings. The van der Waals surface area contributed by atoms with Crippen LogP contribution in [0, 0.1) is 11.8 Å². The summed E-state index contributed by atoms with van der Waals surface area (Å²) >= 11 is 0. The molecule has 0 radical (unpaired) electrons. The Balaban J connectivity index is 2.34. The first-order chi connectivity index (χ1) is 10.6. The fourth-order valence-corrected chi connectivity index (χ4v) is 7.35. The third-order valence-corrected chi connectivity index (χ3v) is 8.78. The van der Waals surface area contributed by atoms with Gasteiger partial charge in [-0.15, -0.1) is 0 Å². The highest BCUT2D eigenvalue weighted by Gasteiger charge is 2.54. The van der Waals surface area contributed by atoms with E-state index in [2.05, 4.69) is 18.4 Å². The number of nitrogens with zero attached hydrogens (tertiary/aromatic N) is 1. The van der Waals surface area contributed by atoms with Crippen molar-refractivity contribution in [3.8, 4) is 0 Å². The Morgan fingerprint density at radius 3 is 1.36 bits per heavy atom. The van der Waals surface area contributed by atoms with E-state index >= 15 is 0 Å². The van der Waals surface area contributed by atoms with E-state index in [1.165, 1.54) is 51.4 Å². The molecule has 0 aromatic rings. The summed E-state index contributed by atoms with van der Waals surface area (Å²) < 4.78 is 20.3. The maximum atomic E-state index is 5.92. The van der Waals surface area contributed by atoms with E-state index in [-0.39, 0.29) is 0 Å². The van der Waals surface area contributed by atoms with Crippen LogP contribution in [-0.2, 0) is 13.3 Å². The summed E-state index contributed by atoms with van der Waals surface area (Å²) in [5.41, 5.74) is 0. The molecule has 5 heteroatoms. The first-order valence-electron chi connectivity index (χ1n) is 9.03. The molecular formula is C17H35NO3Si. The first kappa shape index (κ1) is 18.4. The van der Waals surface area contributed by atoms with Crippen LogP contribution in [0.2, 0.25) is 0 Å². The van der Waals surface area contributed by atoms with Gasteiger partial charge in [0.25, 0.3) is 0 Å². The zero-order valence-corrected chi connectivity index (χ0v) is 16.1. The van der Waals surface area contributed by atoms with E-state index in [0.29, 0.717) is 23.9 Å². The lowest BCUT2D eigenvalue weighted by Gasteiger charge is -2.51. The van der Waals surface area contributed by atoms with Crippen LogP contribution in [0.1, 0.15) is 65.2 Å². The summed E-state index contributed by atoms with van der Waals surface area (Å²) in [5.74, 6) is 1.38. The monoisotopic (exact) mass is 329 g/mol. The molecule has 2 aliphatic rings. The lowest BCUT2D eigenvalue weighted by atomic mass is 9.81. The minimum absolute atomic E-state index is 0.533. The van der Waals surface area contributed by atoms with Gasteiger partial charge in [0, 0.05) is 33.4 Å². The molecule has 0 saturated heterocycles. The van der Waals surface area contributed by atoms with Gasteiger partial charge in [-0.2, -0.15) is 0 Å². The molecule has 0 amide bonds. The molecule has 130 valence electrons. The Kier molecular flexibility index (Phi) is 6.89. The zero-order valence-electron chi connectivity index (χ0n) is 15.1. The van der Waals surface area contributed by atoms with Gasteiger partial charge in [-0.25, -0.2) is 4.57 Å². The minimum atomic E-state index is -2.77. The van der Waals surface area contributed by atoms with Crippen molar-refractivity contribution in [3.05, 3.63) is 0 Å². The van der Waals surface area contributed by atoms with E-state index in [1.54, 1.807) is 21.3 Å². The van der Waals surface area contributed by atoms with Crippen molar-refractivity contribution < 1.29 is 13.3 Å². The third kappa shape index (κ3) is 3.59. The number of rotatable bonds is 6. The second-order valence-electron chi connectivity index (χ2n) is 7.20. The second-order valence-corrected chi connectivity index (χ2v) is 9.99. The molecule has 0 heterocycles. The zero-order chi connectivity index (χ0) is 16.2. The van der Waals surface area contributed by atoms with Gasteiger partial charge in [0.05, 0.1) is 0 Å². The molecular weight excluding hydrogens is 294 g/mol. The fraction of sp³-hybridized carbons (Fsp3) is 1.00. The van der Waals surface area contributed by atoms with Crippen molar-refractivity contribution in [1.29, 1.82) is 0 Å². The molecule has 0 N–H and O–H groups in total. The molecule has 0 aromatic heterocycles.